The van der Waals surface area contributed by atoms with Crippen molar-refractivity contribution in [3.63, 3.8) is 0 Å². The van der Waals surface area contributed by atoms with Crippen LogP contribution in [0.2, 0.25) is 10.0 Å². The number of hydrogen-bond donors (Lipinski definition) is 2. The van der Waals surface area contributed by atoms with Crippen molar-refractivity contribution in [1.82, 2.24) is 19.8 Å². The van der Waals surface area contributed by atoms with Crippen LogP contribution in [0.25, 0.3) is 0 Å². The van der Waals surface area contributed by atoms with Crippen LogP contribution in [0, 0.1) is 5.92 Å². The van der Waals surface area contributed by atoms with Crippen LogP contribution in [0.4, 0.5) is 5.69 Å². The summed E-state index contributed by atoms with van der Waals surface area (Å²) >= 11 is 12.3. The van der Waals surface area contributed by atoms with Gasteiger partial charge >= 0.3 is 0 Å². The van der Waals surface area contributed by atoms with Crippen molar-refractivity contribution in [3.05, 3.63) is 81.9 Å². The number of fused-ring (bicyclic) bond motifs is 1. The second-order valence-corrected chi connectivity index (χ2v) is 10.6. The van der Waals surface area contributed by atoms with E-state index in [-0.39, 0.29) is 36.0 Å². The highest BCUT2D eigenvalue weighted by molar-refractivity contribution is 6.42. The largest absolute Gasteiger partial charge is 0.486 e. The summed E-state index contributed by atoms with van der Waals surface area (Å²) in [5, 5.41) is 13.7. The second-order valence-electron chi connectivity index (χ2n) is 9.79. The van der Waals surface area contributed by atoms with Crippen molar-refractivity contribution in [3.8, 4) is 5.75 Å². The first-order chi connectivity index (χ1) is 18.7. The number of carbonyl (C=O) groups is 2. The zero-order chi connectivity index (χ0) is 28.1. The number of nitrogens with one attached hydrogen (secondary N) is 1. The Morgan fingerprint density at radius 2 is 2.05 bits per heavy atom. The molecule has 0 aliphatic carbocycles. The molecule has 39 heavy (non-hydrogen) atoms. The number of para-hydroxylation sites is 1. The minimum Gasteiger partial charge on any atom is -0.486 e. The number of nitrogens with zero attached hydrogens (tertiary/aromatic N) is 4. The average Bonchev–Trinajstić information content (AvgIpc) is 2.93. The Labute approximate surface area is 237 Å². The first-order valence-corrected chi connectivity index (χ1v) is 13.3. The maximum atomic E-state index is 13.6. The van der Waals surface area contributed by atoms with E-state index < -0.39 is 11.9 Å². The first-order valence-electron chi connectivity index (χ1n) is 12.6. The smallest absolute Gasteiger partial charge is 0.275 e. The highest BCUT2D eigenvalue weighted by atomic mass is 35.5. The van der Waals surface area contributed by atoms with Gasteiger partial charge in [0.25, 0.3) is 11.8 Å². The lowest BCUT2D eigenvalue weighted by molar-refractivity contribution is 0.0343. The summed E-state index contributed by atoms with van der Waals surface area (Å²) < 4.78 is 6.55. The van der Waals surface area contributed by atoms with E-state index in [9.17, 15) is 14.7 Å². The van der Waals surface area contributed by atoms with Crippen LogP contribution in [0.5, 0.6) is 5.75 Å². The Morgan fingerprint density at radius 3 is 2.74 bits per heavy atom. The summed E-state index contributed by atoms with van der Waals surface area (Å²) in [6, 6.07) is 10.2. The molecule has 4 rings (SSSR count). The maximum Gasteiger partial charge on any atom is 0.275 e. The molecule has 0 saturated carbocycles. The molecule has 0 fully saturated rings. The number of halogens is 2. The van der Waals surface area contributed by atoms with Gasteiger partial charge in [-0.05, 0) is 43.8 Å². The van der Waals surface area contributed by atoms with Gasteiger partial charge < -0.3 is 20.1 Å². The van der Waals surface area contributed by atoms with Crippen molar-refractivity contribution >= 4 is 40.7 Å². The van der Waals surface area contributed by atoms with Gasteiger partial charge in [0.05, 0.1) is 40.1 Å². The first kappa shape index (κ1) is 28.8. The van der Waals surface area contributed by atoms with E-state index in [1.54, 1.807) is 36.1 Å². The number of amides is 2. The fourth-order valence-electron chi connectivity index (χ4n) is 4.48. The van der Waals surface area contributed by atoms with Crippen LogP contribution in [0.3, 0.4) is 0 Å². The molecule has 0 radical (unpaired) electrons. The lowest BCUT2D eigenvalue weighted by Gasteiger charge is -2.38. The predicted molar refractivity (Wildman–Crippen MR) is 150 cm³/mol. The SMILES string of the molecule is C[C@@H]1CN([C@H](C)CO)C(=O)c2cccc(NC(=O)c3cnccn3)c2O[C@H]1CN(C)Cc1ccc(Cl)c(Cl)c1. The number of aromatic nitrogens is 2. The van der Waals surface area contributed by atoms with Gasteiger partial charge in [-0.2, -0.15) is 0 Å². The minimum atomic E-state index is -0.475. The highest BCUT2D eigenvalue weighted by Gasteiger charge is 2.34. The molecule has 3 atom stereocenters. The van der Waals surface area contributed by atoms with Crippen LogP contribution in [0.1, 0.15) is 40.3 Å². The van der Waals surface area contributed by atoms with E-state index in [1.807, 2.05) is 26.1 Å². The molecule has 3 aromatic rings. The zero-order valence-electron chi connectivity index (χ0n) is 22.0. The summed E-state index contributed by atoms with van der Waals surface area (Å²) in [6.07, 6.45) is 3.92. The van der Waals surface area contributed by atoms with E-state index in [2.05, 4.69) is 20.2 Å². The Bertz CT molecular complexity index is 1330. The number of aliphatic hydroxyl groups is 1. The number of benzene rings is 2. The van der Waals surface area contributed by atoms with Gasteiger partial charge in [-0.1, -0.05) is 42.3 Å². The number of anilines is 1. The van der Waals surface area contributed by atoms with Gasteiger partial charge in [0.1, 0.15) is 11.8 Å². The molecule has 206 valence electrons. The van der Waals surface area contributed by atoms with Gasteiger partial charge in [-0.15, -0.1) is 0 Å². The molecule has 1 aliphatic rings. The molecular weight excluding hydrogens is 541 g/mol. The average molecular weight is 572 g/mol. The van der Waals surface area contributed by atoms with Crippen molar-refractivity contribution in [1.29, 1.82) is 0 Å². The zero-order valence-corrected chi connectivity index (χ0v) is 23.5. The van der Waals surface area contributed by atoms with E-state index >= 15 is 0 Å². The van der Waals surface area contributed by atoms with Gasteiger partial charge in [0.2, 0.25) is 0 Å². The van der Waals surface area contributed by atoms with Gasteiger partial charge in [0.15, 0.2) is 5.75 Å². The molecule has 2 aromatic carbocycles. The molecule has 2 N–H and O–H groups in total. The van der Waals surface area contributed by atoms with Crippen molar-refractivity contribution in [2.45, 2.75) is 32.5 Å². The maximum absolute atomic E-state index is 13.6. The van der Waals surface area contributed by atoms with Crippen molar-refractivity contribution in [2.75, 3.05) is 32.1 Å². The molecule has 0 bridgehead atoms. The minimum absolute atomic E-state index is 0.101. The third-order valence-electron chi connectivity index (χ3n) is 6.66. The lowest BCUT2D eigenvalue weighted by Crippen LogP contribution is -2.49. The Balaban J connectivity index is 1.66. The van der Waals surface area contributed by atoms with Crippen LogP contribution in [0.15, 0.2) is 55.0 Å². The molecular formula is C28H31Cl2N5O4. The van der Waals surface area contributed by atoms with Crippen molar-refractivity contribution in [2.24, 2.45) is 5.92 Å². The third kappa shape index (κ3) is 6.86. The number of aliphatic hydroxyl groups excluding tert-OH is 1. The molecule has 0 unspecified atom stereocenters. The van der Waals surface area contributed by atoms with Gasteiger partial charge in [0, 0.05) is 37.9 Å². The number of ether oxygens (including phenoxy) is 1. The number of likely N-dealkylation sites (N-methyl/N-ethyl adjacent to an activating group) is 1. The fraction of sp³-hybridized carbons (Fsp3) is 0.357. The fourth-order valence-corrected chi connectivity index (χ4v) is 4.80. The normalized spacial score (nSPS) is 18.1. The summed E-state index contributed by atoms with van der Waals surface area (Å²) in [6.45, 7) is 5.13. The summed E-state index contributed by atoms with van der Waals surface area (Å²) in [4.78, 5) is 38.3. The summed E-state index contributed by atoms with van der Waals surface area (Å²) in [7, 11) is 1.97. The molecule has 2 heterocycles. The van der Waals surface area contributed by atoms with Gasteiger partial charge in [-0.3, -0.25) is 19.5 Å². The molecule has 1 aliphatic heterocycles. The Hall–Kier alpha value is -3.24. The van der Waals surface area contributed by atoms with Crippen LogP contribution < -0.4 is 10.1 Å². The monoisotopic (exact) mass is 571 g/mol. The van der Waals surface area contributed by atoms with Crippen LogP contribution in [-0.4, -0.2) is 75.6 Å². The van der Waals surface area contributed by atoms with Crippen LogP contribution >= 0.6 is 23.2 Å². The molecule has 9 nitrogen and oxygen atoms in total. The molecule has 0 spiro atoms. The number of hydrogen-bond acceptors (Lipinski definition) is 7. The summed E-state index contributed by atoms with van der Waals surface area (Å²) in [5.74, 6) is -0.585. The Kier molecular flexibility index (Phi) is 9.40. The number of carbonyl (C=O) groups excluding carboxylic acids is 2. The van der Waals surface area contributed by atoms with Crippen molar-refractivity contribution < 1.29 is 19.4 Å². The quantitative estimate of drug-likeness (QED) is 0.412. The molecule has 0 saturated heterocycles. The molecule has 2 amide bonds. The molecule has 1 aromatic heterocycles. The Morgan fingerprint density at radius 1 is 1.26 bits per heavy atom. The topological polar surface area (TPSA) is 108 Å². The van der Waals surface area contributed by atoms with Gasteiger partial charge in [-0.25, -0.2) is 4.98 Å². The standard InChI is InChI=1S/C28H31Cl2N5O4/c1-17-13-35(18(2)16-36)28(38)20-5-4-6-23(33-27(37)24-12-31-9-10-32-24)26(20)39-25(17)15-34(3)14-19-7-8-21(29)22(30)11-19/h4-12,17-18,25,36H,13-16H2,1-3H3,(H,33,37)/t17-,18-,25+/m1/s1. The van der Waals surface area contributed by atoms with E-state index in [0.717, 1.165) is 5.56 Å². The number of rotatable bonds is 8. The highest BCUT2D eigenvalue weighted by Crippen LogP contribution is 2.35. The second kappa shape index (κ2) is 12.7. The summed E-state index contributed by atoms with van der Waals surface area (Å²) in [5.41, 5.74) is 1.78. The third-order valence-corrected chi connectivity index (χ3v) is 7.40. The van der Waals surface area contributed by atoms with Crippen LogP contribution in [-0.2, 0) is 6.54 Å². The predicted octanol–water partition coefficient (Wildman–Crippen LogP) is 4.39. The van der Waals surface area contributed by atoms with E-state index in [4.69, 9.17) is 27.9 Å². The van der Waals surface area contributed by atoms with E-state index in [1.165, 1.54) is 18.6 Å². The van der Waals surface area contributed by atoms with E-state index in [0.29, 0.717) is 40.9 Å². The lowest BCUT2D eigenvalue weighted by atomic mass is 9.98. The molecule has 11 heteroatoms.